The fraction of sp³-hybridized carbons (Fsp3) is 0.286. The van der Waals surface area contributed by atoms with E-state index >= 15 is 0 Å². The van der Waals surface area contributed by atoms with Crippen molar-refractivity contribution in [2.45, 2.75) is 52.2 Å². The predicted molar refractivity (Wildman–Crippen MR) is 143 cm³/mol. The molecule has 206 valence electrons. The maximum absolute atomic E-state index is 14.0. The fourth-order valence-electron chi connectivity index (χ4n) is 4.63. The van der Waals surface area contributed by atoms with E-state index in [-0.39, 0.29) is 29.0 Å². The lowest BCUT2D eigenvalue weighted by atomic mass is 10.0. The molecule has 0 atom stereocenters. The minimum Gasteiger partial charge on any atom is -0.485 e. The van der Waals surface area contributed by atoms with Crippen molar-refractivity contribution in [1.29, 1.82) is 0 Å². The number of nitrogens with one attached hydrogen (secondary N) is 1. The highest BCUT2D eigenvalue weighted by atomic mass is 35.5. The van der Waals surface area contributed by atoms with Gasteiger partial charge in [0.25, 0.3) is 5.56 Å². The maximum atomic E-state index is 14.0. The molecular weight excluding hydrogens is 542 g/mol. The van der Waals surface area contributed by atoms with Crippen LogP contribution in [0.3, 0.4) is 0 Å². The minimum atomic E-state index is -0.857. The number of rotatable bonds is 6. The molecule has 0 saturated heterocycles. The zero-order valence-electron chi connectivity index (χ0n) is 22.0. The van der Waals surface area contributed by atoms with Crippen LogP contribution in [0.2, 0.25) is 5.02 Å². The number of carbonyl (C=O) groups excluding carboxylic acids is 1. The largest absolute Gasteiger partial charge is 0.485 e. The van der Waals surface area contributed by atoms with Gasteiger partial charge in [-0.05, 0) is 50.8 Å². The van der Waals surface area contributed by atoms with Gasteiger partial charge in [-0.2, -0.15) is 0 Å². The summed E-state index contributed by atoms with van der Waals surface area (Å²) in [7, 11) is 0. The molecule has 1 aliphatic rings. The second-order valence-corrected chi connectivity index (χ2v) is 10.3. The van der Waals surface area contributed by atoms with Gasteiger partial charge in [0, 0.05) is 37.1 Å². The Labute approximate surface area is 233 Å². The van der Waals surface area contributed by atoms with E-state index in [9.17, 15) is 18.4 Å². The molecule has 0 spiro atoms. The topological polar surface area (TPSA) is 112 Å². The number of aryl methyl sites for hydroxylation is 2. The molecule has 5 rings (SSSR count). The predicted octanol–water partition coefficient (Wildman–Crippen LogP) is 4.46. The van der Waals surface area contributed by atoms with Crippen LogP contribution in [0.5, 0.6) is 5.75 Å². The molecule has 0 aromatic carbocycles. The Morgan fingerprint density at radius 2 is 1.93 bits per heavy atom. The monoisotopic (exact) mass is 566 g/mol. The van der Waals surface area contributed by atoms with Gasteiger partial charge in [-0.1, -0.05) is 11.6 Å². The van der Waals surface area contributed by atoms with Crippen LogP contribution in [0, 0.1) is 11.6 Å². The van der Waals surface area contributed by atoms with E-state index in [0.717, 1.165) is 18.2 Å². The molecule has 1 aliphatic heterocycles. The molecule has 0 aliphatic carbocycles. The third kappa shape index (κ3) is 5.42. The van der Waals surface area contributed by atoms with E-state index in [2.05, 4.69) is 25.3 Å². The average Bonchev–Trinajstić information content (AvgIpc) is 3.09. The highest BCUT2D eigenvalue weighted by Crippen LogP contribution is 2.31. The van der Waals surface area contributed by atoms with E-state index in [1.165, 1.54) is 11.5 Å². The van der Waals surface area contributed by atoms with Crippen LogP contribution >= 0.6 is 11.6 Å². The lowest BCUT2D eigenvalue weighted by Gasteiger charge is -2.24. The molecule has 0 unspecified atom stereocenters. The number of aromatic nitrogens is 5. The molecule has 1 N–H and O–H groups in total. The van der Waals surface area contributed by atoms with Gasteiger partial charge in [0.1, 0.15) is 28.9 Å². The summed E-state index contributed by atoms with van der Waals surface area (Å²) in [5, 5.41) is 2.65. The first kappa shape index (κ1) is 27.3. The van der Waals surface area contributed by atoms with Crippen LogP contribution in [0.15, 0.2) is 47.7 Å². The van der Waals surface area contributed by atoms with Crippen molar-refractivity contribution in [2.24, 2.45) is 0 Å². The smallest absolute Gasteiger partial charge is 0.277 e. The minimum absolute atomic E-state index is 0.0850. The second kappa shape index (κ2) is 10.7. The standard InChI is InChI=1S/C28H25ClF2N6O3/c1-15(38)36-28(2,3)27-32-8-7-20(35-27)21-11-23-16(12-33-21)5-4-6-18-10-24(25(29)26(39)37(18)23)40-14-22-19(31)9-17(30)13-34-22/h7-13H,4-6,14H2,1-3H3,(H,36,38). The summed E-state index contributed by atoms with van der Waals surface area (Å²) in [6.07, 6.45) is 6.16. The van der Waals surface area contributed by atoms with Gasteiger partial charge in [0.2, 0.25) is 5.91 Å². The Balaban J connectivity index is 1.53. The van der Waals surface area contributed by atoms with Crippen molar-refractivity contribution >= 4 is 17.5 Å². The third-order valence-electron chi connectivity index (χ3n) is 6.49. The highest BCUT2D eigenvalue weighted by Gasteiger charge is 2.26. The molecule has 0 radical (unpaired) electrons. The first-order chi connectivity index (χ1) is 19.0. The van der Waals surface area contributed by atoms with Gasteiger partial charge in [-0.3, -0.25) is 24.1 Å². The van der Waals surface area contributed by atoms with Crippen LogP contribution in [-0.4, -0.2) is 30.4 Å². The summed E-state index contributed by atoms with van der Waals surface area (Å²) in [4.78, 5) is 42.5. The van der Waals surface area contributed by atoms with Gasteiger partial charge in [-0.25, -0.2) is 18.7 Å². The quantitative estimate of drug-likeness (QED) is 0.367. The second-order valence-electron chi connectivity index (χ2n) is 9.95. The van der Waals surface area contributed by atoms with E-state index in [1.807, 2.05) is 0 Å². The maximum Gasteiger partial charge on any atom is 0.277 e. The van der Waals surface area contributed by atoms with Crippen molar-refractivity contribution < 1.29 is 18.3 Å². The third-order valence-corrected chi connectivity index (χ3v) is 6.84. The number of hydrogen-bond acceptors (Lipinski definition) is 7. The van der Waals surface area contributed by atoms with Gasteiger partial charge >= 0.3 is 0 Å². The number of amides is 1. The number of pyridine rings is 3. The summed E-state index contributed by atoms with van der Waals surface area (Å²) < 4.78 is 34.4. The summed E-state index contributed by atoms with van der Waals surface area (Å²) in [5.74, 6) is -1.37. The highest BCUT2D eigenvalue weighted by molar-refractivity contribution is 6.31. The van der Waals surface area contributed by atoms with Crippen molar-refractivity contribution in [3.8, 4) is 22.8 Å². The zero-order chi connectivity index (χ0) is 28.6. The Hall–Kier alpha value is -4.25. The summed E-state index contributed by atoms with van der Waals surface area (Å²) in [6, 6.07) is 5.84. The van der Waals surface area contributed by atoms with Crippen molar-refractivity contribution in [3.05, 3.63) is 92.6 Å². The molecular formula is C28H25ClF2N6O3. The number of carbonyl (C=O) groups is 1. The lowest BCUT2D eigenvalue weighted by molar-refractivity contribution is -0.120. The summed E-state index contributed by atoms with van der Waals surface area (Å²) >= 11 is 6.45. The summed E-state index contributed by atoms with van der Waals surface area (Å²) in [5.41, 5.74) is 1.73. The lowest BCUT2D eigenvalue weighted by Crippen LogP contribution is -2.41. The number of hydrogen-bond donors (Lipinski definition) is 1. The van der Waals surface area contributed by atoms with Crippen LogP contribution in [0.1, 0.15) is 50.0 Å². The molecule has 0 fully saturated rings. The first-order valence-corrected chi connectivity index (χ1v) is 12.9. The van der Waals surface area contributed by atoms with E-state index in [4.69, 9.17) is 16.3 Å². The van der Waals surface area contributed by atoms with E-state index in [0.29, 0.717) is 47.5 Å². The Morgan fingerprint density at radius 3 is 2.67 bits per heavy atom. The van der Waals surface area contributed by atoms with E-state index in [1.54, 1.807) is 44.4 Å². The zero-order valence-corrected chi connectivity index (χ0v) is 22.7. The molecule has 1 amide bonds. The first-order valence-electron chi connectivity index (χ1n) is 12.5. The van der Waals surface area contributed by atoms with Crippen molar-refractivity contribution in [1.82, 2.24) is 29.8 Å². The number of halogens is 3. The van der Waals surface area contributed by atoms with Gasteiger partial charge < -0.3 is 10.1 Å². The molecule has 4 aromatic heterocycles. The van der Waals surface area contributed by atoms with Crippen LogP contribution < -0.4 is 15.6 Å². The Kier molecular flexibility index (Phi) is 7.33. The molecule has 5 heterocycles. The van der Waals surface area contributed by atoms with Crippen molar-refractivity contribution in [3.63, 3.8) is 0 Å². The molecule has 4 aromatic rings. The van der Waals surface area contributed by atoms with Gasteiger partial charge in [0.05, 0.1) is 28.8 Å². The number of nitrogens with zero attached hydrogens (tertiary/aromatic N) is 5. The van der Waals surface area contributed by atoms with E-state index < -0.39 is 22.7 Å². The van der Waals surface area contributed by atoms with Crippen LogP contribution in [0.25, 0.3) is 17.1 Å². The molecule has 0 saturated carbocycles. The Morgan fingerprint density at radius 1 is 1.12 bits per heavy atom. The molecule has 12 heteroatoms. The normalized spacial score (nSPS) is 12.8. The Bertz CT molecular complexity index is 1690. The summed E-state index contributed by atoms with van der Waals surface area (Å²) in [6.45, 7) is 4.70. The van der Waals surface area contributed by atoms with Gasteiger partial charge in [0.15, 0.2) is 11.6 Å². The van der Waals surface area contributed by atoms with Crippen LogP contribution in [-0.2, 0) is 29.8 Å². The molecule has 0 bridgehead atoms. The fourth-order valence-corrected chi connectivity index (χ4v) is 4.83. The average molecular weight is 567 g/mol. The number of fused-ring (bicyclic) bond motifs is 3. The SMILES string of the molecule is CC(=O)NC(C)(C)c1nccc(-c2cc3c(cn2)CCCc2cc(OCc4ncc(F)cc4F)c(Cl)c(=O)n2-3)n1. The van der Waals surface area contributed by atoms with Crippen LogP contribution in [0.4, 0.5) is 8.78 Å². The number of ether oxygens (including phenoxy) is 1. The molecule has 9 nitrogen and oxygen atoms in total. The van der Waals surface area contributed by atoms with Crippen molar-refractivity contribution in [2.75, 3.05) is 0 Å². The molecule has 40 heavy (non-hydrogen) atoms. The van der Waals surface area contributed by atoms with Gasteiger partial charge in [-0.15, -0.1) is 0 Å².